The second-order valence-corrected chi connectivity index (χ2v) is 7.01. The number of hydrogen-bond acceptors (Lipinski definition) is 4. The van der Waals surface area contributed by atoms with Crippen molar-refractivity contribution < 1.29 is 4.79 Å². The summed E-state index contributed by atoms with van der Waals surface area (Å²) in [5, 5.41) is 2.81. The largest absolute Gasteiger partial charge is 0.397 e. The molecule has 0 fully saturated rings. The van der Waals surface area contributed by atoms with E-state index in [1.807, 2.05) is 42.5 Å². The molecule has 7 heteroatoms. The average molecular weight is 364 g/mol. The van der Waals surface area contributed by atoms with Crippen molar-refractivity contribution in [3.63, 3.8) is 0 Å². The van der Waals surface area contributed by atoms with Gasteiger partial charge in [-0.3, -0.25) is 9.36 Å². The van der Waals surface area contributed by atoms with Gasteiger partial charge in [0.15, 0.2) is 0 Å². The lowest BCUT2D eigenvalue weighted by Crippen LogP contribution is -2.16. The highest BCUT2D eigenvalue weighted by Crippen LogP contribution is 2.22. The summed E-state index contributed by atoms with van der Waals surface area (Å²) < 4.78 is 1.66. The number of rotatable bonds is 4. The Labute approximate surface area is 152 Å². The van der Waals surface area contributed by atoms with Gasteiger partial charge in [0.1, 0.15) is 0 Å². The second kappa shape index (κ2) is 6.53. The van der Waals surface area contributed by atoms with E-state index in [9.17, 15) is 9.59 Å². The quantitative estimate of drug-likeness (QED) is 0.485. The Kier molecular flexibility index (Phi) is 4.06. The van der Waals surface area contributed by atoms with Gasteiger partial charge in [-0.2, -0.15) is 0 Å². The number of para-hydroxylation sites is 4. The molecule has 4 aromatic rings. The highest BCUT2D eigenvalue weighted by atomic mass is 32.1. The number of nitrogens with zero attached hydrogens (tertiary/aromatic N) is 1. The fourth-order valence-electron chi connectivity index (χ4n) is 2.80. The highest BCUT2D eigenvalue weighted by molar-refractivity contribution is 7.14. The van der Waals surface area contributed by atoms with Crippen molar-refractivity contribution in [3.05, 3.63) is 80.9 Å². The molecule has 0 aliphatic heterocycles. The summed E-state index contributed by atoms with van der Waals surface area (Å²) >= 11 is 1.36. The van der Waals surface area contributed by atoms with E-state index in [4.69, 9.17) is 5.73 Å². The smallest absolute Gasteiger partial charge is 0.326 e. The number of imidazole rings is 1. The number of H-pyrrole nitrogens is 1. The minimum atomic E-state index is -0.217. The normalized spacial score (nSPS) is 10.9. The number of hydrogen-bond donors (Lipinski definition) is 3. The molecule has 6 nitrogen and oxygen atoms in total. The van der Waals surface area contributed by atoms with Crippen molar-refractivity contribution >= 4 is 39.7 Å². The van der Waals surface area contributed by atoms with Crippen LogP contribution in [0.1, 0.15) is 14.5 Å². The third-order valence-corrected chi connectivity index (χ3v) is 5.16. The summed E-state index contributed by atoms with van der Waals surface area (Å²) in [6, 6.07) is 18.3. The molecule has 130 valence electrons. The second-order valence-electron chi connectivity index (χ2n) is 5.84. The molecule has 2 aromatic carbocycles. The van der Waals surface area contributed by atoms with Crippen molar-refractivity contribution in [2.45, 2.75) is 6.54 Å². The number of fused-ring (bicyclic) bond motifs is 1. The van der Waals surface area contributed by atoms with E-state index in [0.29, 0.717) is 22.8 Å². The molecule has 4 N–H and O–H groups in total. The maximum absolute atomic E-state index is 12.4. The number of thiophene rings is 1. The van der Waals surface area contributed by atoms with Crippen LogP contribution in [-0.4, -0.2) is 15.5 Å². The van der Waals surface area contributed by atoms with Gasteiger partial charge >= 0.3 is 5.69 Å². The van der Waals surface area contributed by atoms with Crippen LogP contribution in [-0.2, 0) is 6.54 Å². The van der Waals surface area contributed by atoms with Gasteiger partial charge in [0.25, 0.3) is 5.91 Å². The van der Waals surface area contributed by atoms with Gasteiger partial charge < -0.3 is 16.0 Å². The summed E-state index contributed by atoms with van der Waals surface area (Å²) in [5.74, 6) is -0.217. The van der Waals surface area contributed by atoms with Crippen LogP contribution in [0, 0.1) is 0 Å². The highest BCUT2D eigenvalue weighted by Gasteiger charge is 2.13. The third kappa shape index (κ3) is 3.00. The van der Waals surface area contributed by atoms with E-state index < -0.39 is 0 Å². The zero-order chi connectivity index (χ0) is 18.1. The van der Waals surface area contributed by atoms with Crippen LogP contribution in [0.5, 0.6) is 0 Å². The van der Waals surface area contributed by atoms with Crippen molar-refractivity contribution in [1.29, 1.82) is 0 Å². The van der Waals surface area contributed by atoms with E-state index in [1.165, 1.54) is 11.3 Å². The van der Waals surface area contributed by atoms with E-state index in [-0.39, 0.29) is 11.6 Å². The first kappa shape index (κ1) is 16.2. The van der Waals surface area contributed by atoms with E-state index in [0.717, 1.165) is 15.9 Å². The Hall–Kier alpha value is -3.32. The first-order chi connectivity index (χ1) is 12.6. The van der Waals surface area contributed by atoms with Crippen LogP contribution in [0.3, 0.4) is 0 Å². The van der Waals surface area contributed by atoms with Gasteiger partial charge in [-0.25, -0.2) is 4.79 Å². The van der Waals surface area contributed by atoms with E-state index in [1.54, 1.807) is 22.8 Å². The predicted octanol–water partition coefficient (Wildman–Crippen LogP) is 3.27. The van der Waals surface area contributed by atoms with Crippen molar-refractivity contribution in [2.75, 3.05) is 11.1 Å². The molecule has 0 bridgehead atoms. The number of amides is 1. The number of aromatic amines is 1. The van der Waals surface area contributed by atoms with Gasteiger partial charge in [0.2, 0.25) is 0 Å². The maximum atomic E-state index is 12.4. The summed E-state index contributed by atoms with van der Waals surface area (Å²) in [7, 11) is 0. The van der Waals surface area contributed by atoms with Gasteiger partial charge in [0.05, 0.1) is 33.8 Å². The van der Waals surface area contributed by atoms with Crippen molar-refractivity contribution in [3.8, 4) is 0 Å². The fraction of sp³-hybridized carbons (Fsp3) is 0.0526. The number of nitrogen functional groups attached to an aromatic ring is 1. The standard InChI is InChI=1S/C19H16N4O2S/c20-13-5-1-2-6-14(13)21-18(24)17-10-9-12(26-17)11-23-16-8-4-3-7-15(16)22-19(23)25/h1-10H,11,20H2,(H,21,24)(H,22,25). The molecule has 0 aliphatic carbocycles. The molecule has 0 spiro atoms. The predicted molar refractivity (Wildman–Crippen MR) is 105 cm³/mol. The molecule has 0 saturated carbocycles. The molecule has 0 unspecified atom stereocenters. The Morgan fingerprint density at radius 2 is 1.85 bits per heavy atom. The van der Waals surface area contributed by atoms with E-state index >= 15 is 0 Å². The first-order valence-electron chi connectivity index (χ1n) is 8.04. The average Bonchev–Trinajstić information content (AvgIpc) is 3.22. The Morgan fingerprint density at radius 3 is 2.69 bits per heavy atom. The minimum absolute atomic E-state index is 0.164. The molecule has 0 radical (unpaired) electrons. The van der Waals surface area contributed by atoms with Crippen LogP contribution in [0.4, 0.5) is 11.4 Å². The number of carbonyl (C=O) groups excluding carboxylic acids is 1. The molecular weight excluding hydrogens is 348 g/mol. The molecule has 1 amide bonds. The molecule has 26 heavy (non-hydrogen) atoms. The minimum Gasteiger partial charge on any atom is -0.397 e. The number of nitrogens with one attached hydrogen (secondary N) is 2. The fourth-order valence-corrected chi connectivity index (χ4v) is 3.69. The lowest BCUT2D eigenvalue weighted by atomic mass is 10.2. The first-order valence-corrected chi connectivity index (χ1v) is 8.85. The van der Waals surface area contributed by atoms with E-state index in [2.05, 4.69) is 10.3 Å². The van der Waals surface area contributed by atoms with Gasteiger partial charge in [-0.15, -0.1) is 11.3 Å². The monoisotopic (exact) mass is 364 g/mol. The van der Waals surface area contributed by atoms with Crippen LogP contribution >= 0.6 is 11.3 Å². The number of nitrogens with two attached hydrogens (primary N) is 1. The van der Waals surface area contributed by atoms with Gasteiger partial charge in [-0.05, 0) is 36.4 Å². The van der Waals surface area contributed by atoms with Gasteiger partial charge in [0, 0.05) is 4.88 Å². The number of anilines is 2. The van der Waals surface area contributed by atoms with Crippen LogP contribution < -0.4 is 16.7 Å². The Bertz CT molecular complexity index is 1160. The summed E-state index contributed by atoms with van der Waals surface area (Å²) in [6.07, 6.45) is 0. The molecule has 4 rings (SSSR count). The van der Waals surface area contributed by atoms with Crippen LogP contribution in [0.15, 0.2) is 65.5 Å². The molecule has 0 saturated heterocycles. The molecule has 2 aromatic heterocycles. The van der Waals surface area contributed by atoms with Crippen molar-refractivity contribution in [1.82, 2.24) is 9.55 Å². The van der Waals surface area contributed by atoms with Crippen LogP contribution in [0.25, 0.3) is 11.0 Å². The third-order valence-electron chi connectivity index (χ3n) is 4.09. The molecule has 0 atom stereocenters. The Balaban J connectivity index is 1.56. The SMILES string of the molecule is Nc1ccccc1NC(=O)c1ccc(Cn2c(=O)[nH]c3ccccc32)s1. The maximum Gasteiger partial charge on any atom is 0.326 e. The molecular formula is C19H16N4O2S. The number of benzene rings is 2. The topological polar surface area (TPSA) is 92.9 Å². The summed E-state index contributed by atoms with van der Waals surface area (Å²) in [5.41, 5.74) is 8.43. The van der Waals surface area contributed by atoms with Gasteiger partial charge in [-0.1, -0.05) is 24.3 Å². The number of aromatic nitrogens is 2. The number of carbonyl (C=O) groups is 1. The summed E-state index contributed by atoms with van der Waals surface area (Å²) in [4.78, 5) is 28.9. The lowest BCUT2D eigenvalue weighted by Gasteiger charge is -2.06. The van der Waals surface area contributed by atoms with Crippen LogP contribution in [0.2, 0.25) is 0 Å². The molecule has 0 aliphatic rings. The Morgan fingerprint density at radius 1 is 1.08 bits per heavy atom. The summed E-state index contributed by atoms with van der Waals surface area (Å²) in [6.45, 7) is 0.411. The lowest BCUT2D eigenvalue weighted by molar-refractivity contribution is 0.103. The zero-order valence-electron chi connectivity index (χ0n) is 13.7. The van der Waals surface area contributed by atoms with Crippen molar-refractivity contribution in [2.24, 2.45) is 0 Å². The molecule has 2 heterocycles. The zero-order valence-corrected chi connectivity index (χ0v) is 14.5.